The van der Waals surface area contributed by atoms with Gasteiger partial charge in [-0.1, -0.05) is 13.8 Å². The highest BCUT2D eigenvalue weighted by molar-refractivity contribution is 7.92. The summed E-state index contributed by atoms with van der Waals surface area (Å²) >= 11 is 0. The van der Waals surface area contributed by atoms with E-state index >= 15 is 0 Å². The first kappa shape index (κ1) is 20.1. The molecule has 0 saturated heterocycles. The summed E-state index contributed by atoms with van der Waals surface area (Å²) in [6.45, 7) is 9.11. The van der Waals surface area contributed by atoms with Crippen molar-refractivity contribution >= 4 is 21.4 Å². The maximum Gasteiger partial charge on any atom is 0.261 e. The summed E-state index contributed by atoms with van der Waals surface area (Å²) in [5, 5.41) is 3.33. The van der Waals surface area contributed by atoms with E-state index in [-0.39, 0.29) is 11.0 Å². The second kappa shape index (κ2) is 8.94. The number of rotatable bonds is 9. The lowest BCUT2D eigenvalue weighted by Crippen LogP contribution is -2.13. The molecule has 0 radical (unpaired) electrons. The molecule has 0 bridgehead atoms. The molecule has 0 atom stereocenters. The summed E-state index contributed by atoms with van der Waals surface area (Å²) in [5.41, 5.74) is 1.51. The van der Waals surface area contributed by atoms with Gasteiger partial charge in [-0.05, 0) is 74.7 Å². The van der Waals surface area contributed by atoms with E-state index in [1.165, 1.54) is 0 Å². The van der Waals surface area contributed by atoms with Crippen molar-refractivity contribution in [3.8, 4) is 5.75 Å². The summed E-state index contributed by atoms with van der Waals surface area (Å²) in [7, 11) is -3.63. The predicted molar refractivity (Wildman–Crippen MR) is 107 cm³/mol. The smallest absolute Gasteiger partial charge is 0.261 e. The average molecular weight is 377 g/mol. The van der Waals surface area contributed by atoms with E-state index < -0.39 is 10.0 Å². The van der Waals surface area contributed by atoms with E-state index in [4.69, 9.17) is 4.74 Å². The van der Waals surface area contributed by atoms with Gasteiger partial charge in [0.25, 0.3) is 10.0 Å². The number of anilines is 2. The van der Waals surface area contributed by atoms with Crippen molar-refractivity contribution in [1.29, 1.82) is 0 Å². The Morgan fingerprint density at radius 2 is 1.46 bits per heavy atom. The van der Waals surface area contributed by atoms with Gasteiger partial charge < -0.3 is 10.1 Å². The van der Waals surface area contributed by atoms with Gasteiger partial charge in [-0.25, -0.2) is 8.42 Å². The molecule has 6 heteroatoms. The number of ether oxygens (including phenoxy) is 1. The molecule has 0 aromatic heterocycles. The lowest BCUT2D eigenvalue weighted by Gasteiger charge is -2.12. The number of sulfonamides is 1. The van der Waals surface area contributed by atoms with Crippen LogP contribution in [0.1, 0.15) is 34.1 Å². The number of hydrogen-bond donors (Lipinski definition) is 2. The molecule has 0 heterocycles. The molecule has 0 aliphatic heterocycles. The van der Waals surface area contributed by atoms with Crippen LogP contribution in [0.25, 0.3) is 0 Å². The van der Waals surface area contributed by atoms with Crippen LogP contribution in [0.3, 0.4) is 0 Å². The summed E-state index contributed by atoms with van der Waals surface area (Å²) < 4.78 is 33.1. The van der Waals surface area contributed by atoms with Crippen LogP contribution in [0.4, 0.5) is 11.4 Å². The Morgan fingerprint density at radius 1 is 0.885 bits per heavy atom. The maximum absolute atomic E-state index is 12.5. The maximum atomic E-state index is 12.5. The van der Waals surface area contributed by atoms with Gasteiger partial charge in [-0.2, -0.15) is 0 Å². The third-order valence-electron chi connectivity index (χ3n) is 3.69. The van der Waals surface area contributed by atoms with Crippen LogP contribution in [0.15, 0.2) is 53.4 Å². The SMILES string of the molecule is CC(C)CCNc1ccc(NS(=O)(=O)c2ccc(OC(C)C)cc2)cc1. The fourth-order valence-corrected chi connectivity index (χ4v) is 3.40. The van der Waals surface area contributed by atoms with E-state index in [1.807, 2.05) is 26.0 Å². The topological polar surface area (TPSA) is 67.4 Å². The van der Waals surface area contributed by atoms with Crippen LogP contribution >= 0.6 is 0 Å². The van der Waals surface area contributed by atoms with Crippen molar-refractivity contribution in [1.82, 2.24) is 0 Å². The second-order valence-corrected chi connectivity index (χ2v) is 8.61. The Kier molecular flexibility index (Phi) is 6.91. The van der Waals surface area contributed by atoms with Crippen LogP contribution < -0.4 is 14.8 Å². The zero-order valence-electron chi connectivity index (χ0n) is 15.8. The van der Waals surface area contributed by atoms with E-state index in [0.29, 0.717) is 17.4 Å². The molecular weight excluding hydrogens is 348 g/mol. The molecule has 142 valence electrons. The highest BCUT2D eigenvalue weighted by atomic mass is 32.2. The summed E-state index contributed by atoms with van der Waals surface area (Å²) in [6.07, 6.45) is 1.13. The molecule has 0 saturated carbocycles. The quantitative estimate of drug-likeness (QED) is 0.664. The lowest BCUT2D eigenvalue weighted by molar-refractivity contribution is 0.242. The summed E-state index contributed by atoms with van der Waals surface area (Å²) in [4.78, 5) is 0.202. The Morgan fingerprint density at radius 3 is 2.00 bits per heavy atom. The van der Waals surface area contributed by atoms with Crippen LogP contribution in [0.5, 0.6) is 5.75 Å². The van der Waals surface area contributed by atoms with Crippen molar-refractivity contribution in [3.63, 3.8) is 0 Å². The largest absolute Gasteiger partial charge is 0.491 e. The zero-order valence-corrected chi connectivity index (χ0v) is 16.6. The Bertz CT molecular complexity index is 783. The molecule has 0 amide bonds. The molecular formula is C20H28N2O3S. The third-order valence-corrected chi connectivity index (χ3v) is 5.09. The minimum atomic E-state index is -3.63. The van der Waals surface area contributed by atoms with Crippen molar-refractivity contribution in [2.75, 3.05) is 16.6 Å². The minimum absolute atomic E-state index is 0.0447. The number of hydrogen-bond acceptors (Lipinski definition) is 4. The molecule has 5 nitrogen and oxygen atoms in total. The van der Waals surface area contributed by atoms with Gasteiger partial charge in [0.15, 0.2) is 0 Å². The zero-order chi connectivity index (χ0) is 19.2. The number of nitrogens with one attached hydrogen (secondary N) is 2. The predicted octanol–water partition coefficient (Wildman–Crippen LogP) is 4.73. The van der Waals surface area contributed by atoms with Crippen molar-refractivity contribution in [3.05, 3.63) is 48.5 Å². The van der Waals surface area contributed by atoms with Gasteiger partial charge in [-0.15, -0.1) is 0 Å². The molecule has 0 unspecified atom stereocenters. The van der Waals surface area contributed by atoms with Gasteiger partial charge in [0, 0.05) is 17.9 Å². The van der Waals surface area contributed by atoms with Crippen LogP contribution in [0, 0.1) is 5.92 Å². The number of benzene rings is 2. The van der Waals surface area contributed by atoms with Gasteiger partial charge in [0.2, 0.25) is 0 Å². The summed E-state index contributed by atoms with van der Waals surface area (Å²) in [6, 6.07) is 13.7. The Balaban J connectivity index is 2.00. The van der Waals surface area contributed by atoms with Gasteiger partial charge in [0.05, 0.1) is 11.0 Å². The Hall–Kier alpha value is -2.21. The first-order valence-corrected chi connectivity index (χ1v) is 10.4. The van der Waals surface area contributed by atoms with Gasteiger partial charge >= 0.3 is 0 Å². The van der Waals surface area contributed by atoms with Crippen LogP contribution in [0.2, 0.25) is 0 Å². The highest BCUT2D eigenvalue weighted by Gasteiger charge is 2.14. The monoisotopic (exact) mass is 376 g/mol. The first-order chi connectivity index (χ1) is 12.3. The fraction of sp³-hybridized carbons (Fsp3) is 0.400. The minimum Gasteiger partial charge on any atom is -0.491 e. The molecule has 0 fully saturated rings. The lowest BCUT2D eigenvalue weighted by atomic mass is 10.1. The second-order valence-electron chi connectivity index (χ2n) is 6.93. The van der Waals surface area contributed by atoms with E-state index in [2.05, 4.69) is 23.9 Å². The van der Waals surface area contributed by atoms with E-state index in [1.54, 1.807) is 36.4 Å². The van der Waals surface area contributed by atoms with Crippen LogP contribution in [-0.2, 0) is 10.0 Å². The molecule has 0 aliphatic carbocycles. The van der Waals surface area contributed by atoms with Gasteiger partial charge in [-0.3, -0.25) is 4.72 Å². The molecule has 0 aliphatic rings. The molecule has 26 heavy (non-hydrogen) atoms. The van der Waals surface area contributed by atoms with Crippen molar-refractivity contribution < 1.29 is 13.2 Å². The standard InChI is InChI=1S/C20H28N2O3S/c1-15(2)13-14-21-17-5-7-18(8-6-17)22-26(23,24)20-11-9-19(10-12-20)25-16(3)4/h5-12,15-16,21-22H,13-14H2,1-4H3. The average Bonchev–Trinajstić information content (AvgIpc) is 2.56. The van der Waals surface area contributed by atoms with Crippen LogP contribution in [-0.4, -0.2) is 21.1 Å². The highest BCUT2D eigenvalue weighted by Crippen LogP contribution is 2.21. The van der Waals surface area contributed by atoms with E-state index in [9.17, 15) is 8.42 Å². The normalized spacial score (nSPS) is 11.6. The molecule has 2 rings (SSSR count). The Labute approximate surface area is 156 Å². The molecule has 2 aromatic rings. The molecule has 2 aromatic carbocycles. The first-order valence-electron chi connectivity index (χ1n) is 8.90. The summed E-state index contributed by atoms with van der Waals surface area (Å²) in [5.74, 6) is 1.29. The third kappa shape index (κ3) is 6.26. The van der Waals surface area contributed by atoms with Gasteiger partial charge in [0.1, 0.15) is 5.75 Å². The van der Waals surface area contributed by atoms with E-state index in [0.717, 1.165) is 18.7 Å². The van der Waals surface area contributed by atoms with Crippen molar-refractivity contribution in [2.24, 2.45) is 5.92 Å². The van der Waals surface area contributed by atoms with Crippen molar-refractivity contribution in [2.45, 2.75) is 45.1 Å². The molecule has 2 N–H and O–H groups in total. The fourth-order valence-electron chi connectivity index (χ4n) is 2.34. The molecule has 0 spiro atoms.